The molecule has 186 valence electrons. The van der Waals surface area contributed by atoms with Crippen molar-refractivity contribution in [2.75, 3.05) is 26.3 Å². The lowest BCUT2D eigenvalue weighted by molar-refractivity contribution is -0.148. The average molecular weight is 481 g/mol. The lowest BCUT2D eigenvalue weighted by Crippen LogP contribution is -2.43. The van der Waals surface area contributed by atoms with Gasteiger partial charge in [0.1, 0.15) is 6.61 Å². The molecule has 35 heavy (non-hydrogen) atoms. The molecule has 1 heterocycles. The van der Waals surface area contributed by atoms with E-state index >= 15 is 0 Å². The fraction of sp³-hybridized carbons (Fsp3) is 0.444. The predicted molar refractivity (Wildman–Crippen MR) is 130 cm³/mol. The highest BCUT2D eigenvalue weighted by Crippen LogP contribution is 2.44. The molecule has 0 bridgehead atoms. The third-order valence-corrected chi connectivity index (χ3v) is 7.22. The summed E-state index contributed by atoms with van der Waals surface area (Å²) in [5.41, 5.74) is 3.64. The Bertz CT molecular complexity index is 1060. The molecule has 1 fully saturated rings. The second-order valence-electron chi connectivity index (χ2n) is 9.53. The Labute approximate surface area is 205 Å². The number of fused-ring (bicyclic) bond motifs is 3. The normalized spacial score (nSPS) is 20.4. The van der Waals surface area contributed by atoms with Crippen LogP contribution in [0.4, 0.5) is 4.79 Å². The molecule has 3 atom stereocenters. The molecule has 0 spiro atoms. The van der Waals surface area contributed by atoms with E-state index in [9.17, 15) is 19.5 Å². The first kappa shape index (κ1) is 24.7. The van der Waals surface area contributed by atoms with Gasteiger partial charge in [-0.25, -0.2) is 4.79 Å². The van der Waals surface area contributed by atoms with Crippen molar-refractivity contribution in [2.45, 2.75) is 38.7 Å². The number of carboxylic acids is 1. The molecule has 2 aliphatic rings. The van der Waals surface area contributed by atoms with E-state index in [-0.39, 0.29) is 50.2 Å². The first-order valence-electron chi connectivity index (χ1n) is 12.0. The van der Waals surface area contributed by atoms with Gasteiger partial charge in [0.15, 0.2) is 0 Å². The molecular formula is C27H32N2O6. The SMILES string of the molecule is CCC(C)(CNC(=O)[C@@H]1CO[C@H](CNC(=O)OCC2c3ccccc3-c3ccccc32)C1)C(=O)O. The summed E-state index contributed by atoms with van der Waals surface area (Å²) < 4.78 is 11.2. The van der Waals surface area contributed by atoms with Gasteiger partial charge in [-0.3, -0.25) is 9.59 Å². The van der Waals surface area contributed by atoms with E-state index in [0.29, 0.717) is 12.8 Å². The van der Waals surface area contributed by atoms with Crippen LogP contribution in [0.2, 0.25) is 0 Å². The van der Waals surface area contributed by atoms with E-state index in [0.717, 1.165) is 11.1 Å². The molecular weight excluding hydrogens is 448 g/mol. The molecule has 2 aromatic carbocycles. The highest BCUT2D eigenvalue weighted by molar-refractivity contribution is 5.81. The Hall–Kier alpha value is -3.39. The Morgan fingerprint density at radius 3 is 2.29 bits per heavy atom. The highest BCUT2D eigenvalue weighted by Gasteiger charge is 2.35. The second kappa shape index (κ2) is 10.5. The maximum absolute atomic E-state index is 12.5. The summed E-state index contributed by atoms with van der Waals surface area (Å²) in [6.45, 7) is 4.17. The van der Waals surface area contributed by atoms with Crippen molar-refractivity contribution < 1.29 is 29.0 Å². The second-order valence-corrected chi connectivity index (χ2v) is 9.53. The number of aliphatic carboxylic acids is 1. The van der Waals surface area contributed by atoms with Crippen LogP contribution in [0, 0.1) is 11.3 Å². The molecule has 8 heteroatoms. The van der Waals surface area contributed by atoms with Crippen molar-refractivity contribution >= 4 is 18.0 Å². The van der Waals surface area contributed by atoms with Crippen LogP contribution in [0.15, 0.2) is 48.5 Å². The van der Waals surface area contributed by atoms with Crippen LogP contribution in [-0.2, 0) is 19.1 Å². The summed E-state index contributed by atoms with van der Waals surface area (Å²) in [5, 5.41) is 14.8. The fourth-order valence-corrected chi connectivity index (χ4v) is 4.66. The van der Waals surface area contributed by atoms with Gasteiger partial charge in [0.05, 0.1) is 24.0 Å². The minimum absolute atomic E-state index is 0.0106. The number of alkyl carbamates (subject to hydrolysis) is 1. The number of amides is 2. The molecule has 2 amide bonds. The van der Waals surface area contributed by atoms with E-state index < -0.39 is 17.5 Å². The monoisotopic (exact) mass is 480 g/mol. The lowest BCUT2D eigenvalue weighted by Gasteiger charge is -2.24. The quantitative estimate of drug-likeness (QED) is 0.506. The van der Waals surface area contributed by atoms with E-state index in [1.165, 1.54) is 11.1 Å². The van der Waals surface area contributed by atoms with E-state index in [1.54, 1.807) is 13.8 Å². The Balaban J connectivity index is 1.22. The number of carbonyl (C=O) groups is 3. The Kier molecular flexibility index (Phi) is 7.40. The molecule has 1 aliphatic heterocycles. The van der Waals surface area contributed by atoms with Crippen LogP contribution in [0.1, 0.15) is 43.7 Å². The molecule has 1 saturated heterocycles. The first-order chi connectivity index (χ1) is 16.8. The third-order valence-electron chi connectivity index (χ3n) is 7.22. The summed E-state index contributed by atoms with van der Waals surface area (Å²) in [4.78, 5) is 36.3. The van der Waals surface area contributed by atoms with Gasteiger partial charge in [-0.2, -0.15) is 0 Å². The number of carboxylic acid groups (broad SMARTS) is 1. The van der Waals surface area contributed by atoms with Crippen molar-refractivity contribution in [3.8, 4) is 11.1 Å². The molecule has 0 saturated carbocycles. The van der Waals surface area contributed by atoms with Crippen molar-refractivity contribution in [1.82, 2.24) is 10.6 Å². The molecule has 4 rings (SSSR count). The summed E-state index contributed by atoms with van der Waals surface area (Å²) in [7, 11) is 0. The summed E-state index contributed by atoms with van der Waals surface area (Å²) in [5.74, 6) is -1.55. The summed E-state index contributed by atoms with van der Waals surface area (Å²) in [6.07, 6.45) is 0.0359. The van der Waals surface area contributed by atoms with Gasteiger partial charge in [-0.15, -0.1) is 0 Å². The maximum atomic E-state index is 12.5. The Morgan fingerprint density at radius 2 is 1.69 bits per heavy atom. The summed E-state index contributed by atoms with van der Waals surface area (Å²) >= 11 is 0. The van der Waals surface area contributed by atoms with Crippen LogP contribution in [-0.4, -0.2) is 55.5 Å². The molecule has 0 radical (unpaired) electrons. The first-order valence-corrected chi connectivity index (χ1v) is 12.0. The highest BCUT2D eigenvalue weighted by atomic mass is 16.5. The molecule has 3 N–H and O–H groups in total. The molecule has 0 aromatic heterocycles. The van der Waals surface area contributed by atoms with E-state index in [4.69, 9.17) is 9.47 Å². The fourth-order valence-electron chi connectivity index (χ4n) is 4.66. The van der Waals surface area contributed by atoms with Gasteiger partial charge in [0, 0.05) is 19.0 Å². The number of rotatable bonds is 9. The van der Waals surface area contributed by atoms with Gasteiger partial charge in [0.25, 0.3) is 0 Å². The van der Waals surface area contributed by atoms with Crippen molar-refractivity contribution in [3.63, 3.8) is 0 Å². The number of nitrogens with one attached hydrogen (secondary N) is 2. The van der Waals surface area contributed by atoms with Crippen LogP contribution in [0.3, 0.4) is 0 Å². The lowest BCUT2D eigenvalue weighted by atomic mass is 9.87. The van der Waals surface area contributed by atoms with Crippen molar-refractivity contribution in [1.29, 1.82) is 0 Å². The number of carbonyl (C=O) groups excluding carboxylic acids is 2. The number of benzene rings is 2. The Morgan fingerprint density at radius 1 is 1.06 bits per heavy atom. The van der Waals surface area contributed by atoms with E-state index in [1.807, 2.05) is 24.3 Å². The van der Waals surface area contributed by atoms with Gasteiger partial charge in [0.2, 0.25) is 5.91 Å². The van der Waals surface area contributed by atoms with Gasteiger partial charge < -0.3 is 25.2 Å². The van der Waals surface area contributed by atoms with Crippen LogP contribution in [0.5, 0.6) is 0 Å². The minimum atomic E-state index is -1.000. The van der Waals surface area contributed by atoms with Crippen LogP contribution >= 0.6 is 0 Å². The van der Waals surface area contributed by atoms with Crippen LogP contribution < -0.4 is 10.6 Å². The number of hydrogen-bond donors (Lipinski definition) is 3. The van der Waals surface area contributed by atoms with Gasteiger partial charge in [-0.1, -0.05) is 55.5 Å². The van der Waals surface area contributed by atoms with Crippen LogP contribution in [0.25, 0.3) is 11.1 Å². The zero-order chi connectivity index (χ0) is 25.0. The van der Waals surface area contributed by atoms with Gasteiger partial charge >= 0.3 is 12.1 Å². The molecule has 1 aliphatic carbocycles. The average Bonchev–Trinajstić information content (AvgIpc) is 3.47. The zero-order valence-electron chi connectivity index (χ0n) is 20.1. The zero-order valence-corrected chi connectivity index (χ0v) is 20.1. The predicted octanol–water partition coefficient (Wildman–Crippen LogP) is 3.55. The maximum Gasteiger partial charge on any atom is 0.407 e. The van der Waals surface area contributed by atoms with Crippen molar-refractivity contribution in [3.05, 3.63) is 59.7 Å². The van der Waals surface area contributed by atoms with Crippen molar-refractivity contribution in [2.24, 2.45) is 11.3 Å². The standard InChI is InChI=1S/C27H32N2O6/c1-3-27(2,25(31)32)16-29-24(30)17-12-18(34-14-17)13-28-26(33)35-15-23-21-10-6-4-8-19(21)20-9-5-7-11-22(20)23/h4-11,17-18,23H,3,12-16H2,1-2H3,(H,28,33)(H,29,30)(H,31,32)/t17-,18-,27?/m0/s1. The molecule has 1 unspecified atom stereocenters. The van der Waals surface area contributed by atoms with E-state index in [2.05, 4.69) is 34.9 Å². The minimum Gasteiger partial charge on any atom is -0.481 e. The topological polar surface area (TPSA) is 114 Å². The van der Waals surface area contributed by atoms with Gasteiger partial charge in [-0.05, 0) is 42.0 Å². The number of hydrogen-bond acceptors (Lipinski definition) is 5. The summed E-state index contributed by atoms with van der Waals surface area (Å²) in [6, 6.07) is 16.3. The molecule has 2 aromatic rings. The smallest absolute Gasteiger partial charge is 0.407 e. The number of ether oxygens (including phenoxy) is 2. The third kappa shape index (κ3) is 5.32. The molecule has 8 nitrogen and oxygen atoms in total. The largest absolute Gasteiger partial charge is 0.481 e.